The molecule has 2 rings (SSSR count). The van der Waals surface area contributed by atoms with Crippen molar-refractivity contribution in [3.05, 3.63) is 83.9 Å². The third-order valence-corrected chi connectivity index (χ3v) is 4.47. The number of benzene rings is 2. The van der Waals surface area contributed by atoms with Crippen LogP contribution in [-0.2, 0) is 13.1 Å². The third-order valence-electron chi connectivity index (χ3n) is 4.47. The molecule has 0 saturated carbocycles. The van der Waals surface area contributed by atoms with Crippen molar-refractivity contribution in [1.82, 2.24) is 9.80 Å². The van der Waals surface area contributed by atoms with Crippen molar-refractivity contribution in [1.29, 1.82) is 10.5 Å². The summed E-state index contributed by atoms with van der Waals surface area (Å²) in [6.07, 6.45) is 5.40. The molecule has 28 heavy (non-hydrogen) atoms. The molecule has 0 N–H and O–H groups in total. The standard InChI is InChI=1S/C24H28N4/c25-15-9-19-27(21-23-11-3-1-4-12-23)17-7-8-18-28(20-10-16-26)22-24-13-5-2-6-14-24/h1-8,11-14H,9-10,17-22H2. The van der Waals surface area contributed by atoms with Crippen molar-refractivity contribution in [3.63, 3.8) is 0 Å². The highest BCUT2D eigenvalue weighted by Crippen LogP contribution is 2.07. The Morgan fingerprint density at radius 3 is 1.39 bits per heavy atom. The lowest BCUT2D eigenvalue weighted by atomic mass is 10.2. The lowest BCUT2D eigenvalue weighted by molar-refractivity contribution is 0.293. The summed E-state index contributed by atoms with van der Waals surface area (Å²) in [5, 5.41) is 17.8. The van der Waals surface area contributed by atoms with Crippen molar-refractivity contribution in [2.75, 3.05) is 26.2 Å². The highest BCUT2D eigenvalue weighted by molar-refractivity contribution is 5.15. The molecular weight excluding hydrogens is 344 g/mol. The molecule has 0 aromatic heterocycles. The lowest BCUT2D eigenvalue weighted by Crippen LogP contribution is -2.26. The fourth-order valence-electron chi connectivity index (χ4n) is 3.02. The second-order valence-corrected chi connectivity index (χ2v) is 6.73. The summed E-state index contributed by atoms with van der Waals surface area (Å²) in [5.41, 5.74) is 2.52. The SMILES string of the molecule is N#CCCN(CC=CCN(CCC#N)Cc1ccccc1)Cc1ccccc1. The molecule has 0 bridgehead atoms. The first kappa shape index (κ1) is 21.4. The van der Waals surface area contributed by atoms with Gasteiger partial charge in [-0.05, 0) is 11.1 Å². The number of hydrogen-bond donors (Lipinski definition) is 0. The van der Waals surface area contributed by atoms with Gasteiger partial charge < -0.3 is 0 Å². The second kappa shape index (κ2) is 13.3. The van der Waals surface area contributed by atoms with Gasteiger partial charge in [0.05, 0.1) is 12.1 Å². The predicted octanol–water partition coefficient (Wildman–Crippen LogP) is 4.37. The summed E-state index contributed by atoms with van der Waals surface area (Å²) >= 11 is 0. The zero-order chi connectivity index (χ0) is 19.9. The minimum absolute atomic E-state index is 0.531. The van der Waals surface area contributed by atoms with Crippen LogP contribution >= 0.6 is 0 Å². The number of nitrogens with zero attached hydrogens (tertiary/aromatic N) is 4. The highest BCUT2D eigenvalue weighted by Gasteiger charge is 2.06. The minimum atomic E-state index is 0.531. The predicted molar refractivity (Wildman–Crippen MR) is 113 cm³/mol. The van der Waals surface area contributed by atoms with Gasteiger partial charge in [-0.1, -0.05) is 72.8 Å². The van der Waals surface area contributed by atoms with Crippen LogP contribution in [0.25, 0.3) is 0 Å². The molecule has 0 unspecified atom stereocenters. The Labute approximate surface area is 168 Å². The van der Waals surface area contributed by atoms with Gasteiger partial charge in [0.25, 0.3) is 0 Å². The van der Waals surface area contributed by atoms with Gasteiger partial charge in [0, 0.05) is 52.1 Å². The molecule has 0 saturated heterocycles. The molecule has 0 atom stereocenters. The Hall–Kier alpha value is -2.92. The number of nitriles is 2. The van der Waals surface area contributed by atoms with Gasteiger partial charge in [-0.2, -0.15) is 10.5 Å². The molecule has 0 amide bonds. The van der Waals surface area contributed by atoms with Crippen molar-refractivity contribution in [2.24, 2.45) is 0 Å². The van der Waals surface area contributed by atoms with Gasteiger partial charge in [-0.15, -0.1) is 0 Å². The van der Waals surface area contributed by atoms with Crippen molar-refractivity contribution < 1.29 is 0 Å². The molecule has 144 valence electrons. The molecule has 0 aliphatic heterocycles. The monoisotopic (exact) mass is 372 g/mol. The maximum absolute atomic E-state index is 8.92. The lowest BCUT2D eigenvalue weighted by Gasteiger charge is -2.21. The van der Waals surface area contributed by atoms with E-state index in [1.54, 1.807) is 0 Å². The van der Waals surface area contributed by atoms with Gasteiger partial charge in [-0.3, -0.25) is 9.80 Å². The van der Waals surface area contributed by atoms with E-state index in [-0.39, 0.29) is 0 Å². The quantitative estimate of drug-likeness (QED) is 0.519. The molecular formula is C24H28N4. The van der Waals surface area contributed by atoms with Crippen LogP contribution in [0.5, 0.6) is 0 Å². The van der Waals surface area contributed by atoms with Crippen LogP contribution in [0.3, 0.4) is 0 Å². The van der Waals surface area contributed by atoms with E-state index >= 15 is 0 Å². The Kier molecular flexibility index (Phi) is 10.1. The smallest absolute Gasteiger partial charge is 0.0635 e. The summed E-state index contributed by atoms with van der Waals surface area (Å²) in [5.74, 6) is 0. The molecule has 2 aromatic carbocycles. The Morgan fingerprint density at radius 1 is 0.643 bits per heavy atom. The second-order valence-electron chi connectivity index (χ2n) is 6.73. The topological polar surface area (TPSA) is 54.1 Å². The van der Waals surface area contributed by atoms with Crippen molar-refractivity contribution >= 4 is 0 Å². The molecule has 4 heteroatoms. The average molecular weight is 373 g/mol. The van der Waals surface area contributed by atoms with Crippen LogP contribution in [0.15, 0.2) is 72.8 Å². The molecule has 0 aliphatic carbocycles. The first-order valence-electron chi connectivity index (χ1n) is 9.73. The molecule has 0 aliphatic rings. The summed E-state index contributed by atoms with van der Waals surface area (Å²) in [7, 11) is 0. The Balaban J connectivity index is 1.88. The van der Waals surface area contributed by atoms with E-state index in [9.17, 15) is 0 Å². The van der Waals surface area contributed by atoms with E-state index in [1.165, 1.54) is 11.1 Å². The number of rotatable bonds is 12. The zero-order valence-electron chi connectivity index (χ0n) is 16.4. The molecule has 0 radical (unpaired) electrons. The van der Waals surface area contributed by atoms with Gasteiger partial charge in [0.1, 0.15) is 0 Å². The minimum Gasteiger partial charge on any atom is -0.294 e. The maximum atomic E-state index is 8.92. The van der Waals surface area contributed by atoms with E-state index in [4.69, 9.17) is 10.5 Å². The van der Waals surface area contributed by atoms with Gasteiger partial charge in [0.15, 0.2) is 0 Å². The zero-order valence-corrected chi connectivity index (χ0v) is 16.4. The molecule has 0 heterocycles. The van der Waals surface area contributed by atoms with E-state index in [0.29, 0.717) is 12.8 Å². The summed E-state index contributed by atoms with van der Waals surface area (Å²) < 4.78 is 0. The van der Waals surface area contributed by atoms with Crippen LogP contribution in [0, 0.1) is 22.7 Å². The largest absolute Gasteiger partial charge is 0.294 e. The fraction of sp³-hybridized carbons (Fsp3) is 0.333. The highest BCUT2D eigenvalue weighted by atomic mass is 15.1. The van der Waals surface area contributed by atoms with E-state index in [0.717, 1.165) is 39.3 Å². The molecule has 2 aromatic rings. The Morgan fingerprint density at radius 2 is 1.04 bits per heavy atom. The first-order valence-corrected chi connectivity index (χ1v) is 9.73. The van der Waals surface area contributed by atoms with E-state index < -0.39 is 0 Å². The van der Waals surface area contributed by atoms with Crippen LogP contribution in [0.1, 0.15) is 24.0 Å². The molecule has 4 nitrogen and oxygen atoms in total. The average Bonchev–Trinajstić information content (AvgIpc) is 2.74. The van der Waals surface area contributed by atoms with Gasteiger partial charge >= 0.3 is 0 Å². The van der Waals surface area contributed by atoms with Crippen LogP contribution in [-0.4, -0.2) is 36.0 Å². The van der Waals surface area contributed by atoms with E-state index in [1.807, 2.05) is 36.4 Å². The maximum Gasteiger partial charge on any atom is 0.0635 e. The molecule has 0 fully saturated rings. The first-order chi connectivity index (χ1) is 13.8. The van der Waals surface area contributed by atoms with E-state index in [2.05, 4.69) is 58.4 Å². The molecule has 0 spiro atoms. The van der Waals surface area contributed by atoms with Crippen molar-refractivity contribution in [3.8, 4) is 12.1 Å². The van der Waals surface area contributed by atoms with Crippen LogP contribution in [0.2, 0.25) is 0 Å². The van der Waals surface area contributed by atoms with Crippen LogP contribution < -0.4 is 0 Å². The van der Waals surface area contributed by atoms with Crippen molar-refractivity contribution in [2.45, 2.75) is 25.9 Å². The van der Waals surface area contributed by atoms with Crippen LogP contribution in [0.4, 0.5) is 0 Å². The van der Waals surface area contributed by atoms with Gasteiger partial charge in [0.2, 0.25) is 0 Å². The summed E-state index contributed by atoms with van der Waals surface area (Å²) in [6, 6.07) is 25.2. The summed E-state index contributed by atoms with van der Waals surface area (Å²) in [4.78, 5) is 4.57. The number of hydrogen-bond acceptors (Lipinski definition) is 4. The third kappa shape index (κ3) is 8.64. The fourth-order valence-corrected chi connectivity index (χ4v) is 3.02. The normalized spacial score (nSPS) is 11.0. The van der Waals surface area contributed by atoms with Gasteiger partial charge in [-0.25, -0.2) is 0 Å². The summed E-state index contributed by atoms with van der Waals surface area (Å²) in [6.45, 7) is 4.84. The Bertz CT molecular complexity index is 704.